The van der Waals surface area contributed by atoms with E-state index in [9.17, 15) is 4.79 Å². The zero-order valence-corrected chi connectivity index (χ0v) is 13.1. The number of ether oxygens (including phenoxy) is 1. The van der Waals surface area contributed by atoms with Crippen molar-refractivity contribution >= 4 is 5.78 Å². The van der Waals surface area contributed by atoms with Crippen LogP contribution in [-0.4, -0.2) is 31.9 Å². The Bertz CT molecular complexity index is 478. The van der Waals surface area contributed by atoms with Crippen LogP contribution >= 0.6 is 0 Å². The molecule has 1 aromatic rings. The number of rotatable bonds is 5. The fourth-order valence-electron chi connectivity index (χ4n) is 2.56. The van der Waals surface area contributed by atoms with Crippen LogP contribution in [0.5, 0.6) is 5.75 Å². The van der Waals surface area contributed by atoms with Crippen molar-refractivity contribution in [2.75, 3.05) is 21.2 Å². The van der Waals surface area contributed by atoms with Crippen LogP contribution in [0.1, 0.15) is 41.6 Å². The Morgan fingerprint density at radius 1 is 1.26 bits per heavy atom. The SMILES string of the molecule is COc1c(C)c(C)cc(C)c1C(CC(C)=O)N(C)C. The van der Waals surface area contributed by atoms with Gasteiger partial charge in [-0.05, 0) is 58.5 Å². The molecule has 1 rings (SSSR count). The van der Waals surface area contributed by atoms with Crippen LogP contribution in [0, 0.1) is 20.8 Å². The van der Waals surface area contributed by atoms with Crippen molar-refractivity contribution in [2.45, 2.75) is 40.2 Å². The summed E-state index contributed by atoms with van der Waals surface area (Å²) in [5.74, 6) is 1.11. The number of hydrogen-bond donors (Lipinski definition) is 0. The highest BCUT2D eigenvalue weighted by molar-refractivity contribution is 5.76. The number of carbonyl (C=O) groups excluding carboxylic acids is 1. The Balaban J connectivity index is 3.45. The molecule has 3 heteroatoms. The second-order valence-electron chi connectivity index (χ2n) is 5.47. The van der Waals surface area contributed by atoms with Crippen LogP contribution in [0.2, 0.25) is 0 Å². The van der Waals surface area contributed by atoms with E-state index in [0.717, 1.165) is 16.9 Å². The normalized spacial score (nSPS) is 12.6. The van der Waals surface area contributed by atoms with Gasteiger partial charge in [0.25, 0.3) is 0 Å². The predicted molar refractivity (Wildman–Crippen MR) is 78.9 cm³/mol. The molecule has 0 amide bonds. The maximum absolute atomic E-state index is 11.5. The van der Waals surface area contributed by atoms with E-state index in [1.54, 1.807) is 14.0 Å². The van der Waals surface area contributed by atoms with Gasteiger partial charge < -0.3 is 9.64 Å². The fraction of sp³-hybridized carbons (Fsp3) is 0.562. The van der Waals surface area contributed by atoms with Crippen molar-refractivity contribution in [2.24, 2.45) is 0 Å². The number of nitrogens with zero attached hydrogens (tertiary/aromatic N) is 1. The Hall–Kier alpha value is -1.35. The van der Waals surface area contributed by atoms with Crippen LogP contribution in [0.25, 0.3) is 0 Å². The highest BCUT2D eigenvalue weighted by atomic mass is 16.5. The summed E-state index contributed by atoms with van der Waals surface area (Å²) in [7, 11) is 5.70. The summed E-state index contributed by atoms with van der Waals surface area (Å²) in [4.78, 5) is 13.6. The first-order valence-electron chi connectivity index (χ1n) is 6.60. The number of Topliss-reactive ketones (excluding diaryl/α,β-unsaturated/α-hetero) is 1. The maximum atomic E-state index is 11.5. The third-order valence-electron chi connectivity index (χ3n) is 3.68. The van der Waals surface area contributed by atoms with E-state index in [1.807, 2.05) is 14.1 Å². The second kappa shape index (κ2) is 6.20. The average molecular weight is 263 g/mol. The summed E-state index contributed by atoms with van der Waals surface area (Å²) < 4.78 is 5.61. The highest BCUT2D eigenvalue weighted by Gasteiger charge is 2.24. The predicted octanol–water partition coefficient (Wildman–Crippen LogP) is 3.20. The third-order valence-corrected chi connectivity index (χ3v) is 3.68. The smallest absolute Gasteiger partial charge is 0.131 e. The molecule has 106 valence electrons. The largest absolute Gasteiger partial charge is 0.496 e. The van der Waals surface area contributed by atoms with Gasteiger partial charge in [0.15, 0.2) is 0 Å². The zero-order valence-electron chi connectivity index (χ0n) is 13.1. The number of methoxy groups -OCH3 is 1. The molecule has 0 radical (unpaired) electrons. The molecule has 0 heterocycles. The molecular formula is C16H25NO2. The van der Waals surface area contributed by atoms with Crippen molar-refractivity contribution in [3.8, 4) is 5.75 Å². The van der Waals surface area contributed by atoms with E-state index >= 15 is 0 Å². The van der Waals surface area contributed by atoms with Gasteiger partial charge in [0, 0.05) is 18.0 Å². The molecule has 0 aliphatic heterocycles. The molecule has 0 aliphatic rings. The van der Waals surface area contributed by atoms with Crippen LogP contribution in [0.4, 0.5) is 0 Å². The molecule has 0 bridgehead atoms. The van der Waals surface area contributed by atoms with Crippen molar-refractivity contribution in [3.63, 3.8) is 0 Å². The van der Waals surface area contributed by atoms with Gasteiger partial charge in [-0.15, -0.1) is 0 Å². The van der Waals surface area contributed by atoms with E-state index in [1.165, 1.54) is 11.1 Å². The quantitative estimate of drug-likeness (QED) is 0.817. The minimum absolute atomic E-state index is 0.0618. The van der Waals surface area contributed by atoms with E-state index < -0.39 is 0 Å². The number of benzene rings is 1. The first-order valence-corrected chi connectivity index (χ1v) is 6.60. The summed E-state index contributed by atoms with van der Waals surface area (Å²) in [6.07, 6.45) is 0.507. The van der Waals surface area contributed by atoms with Crippen molar-refractivity contribution in [3.05, 3.63) is 28.3 Å². The topological polar surface area (TPSA) is 29.5 Å². The van der Waals surface area contributed by atoms with E-state index in [2.05, 4.69) is 31.7 Å². The van der Waals surface area contributed by atoms with Crippen molar-refractivity contribution < 1.29 is 9.53 Å². The lowest BCUT2D eigenvalue weighted by atomic mass is 9.91. The van der Waals surface area contributed by atoms with Gasteiger partial charge >= 0.3 is 0 Å². The average Bonchev–Trinajstić information content (AvgIpc) is 2.30. The first kappa shape index (κ1) is 15.7. The Kier molecular flexibility index (Phi) is 5.12. The molecule has 0 aliphatic carbocycles. The summed E-state index contributed by atoms with van der Waals surface area (Å²) in [5.41, 5.74) is 4.68. The summed E-state index contributed by atoms with van der Waals surface area (Å²) in [6, 6.07) is 2.23. The maximum Gasteiger partial charge on any atom is 0.131 e. The summed E-state index contributed by atoms with van der Waals surface area (Å²) in [6.45, 7) is 7.88. The van der Waals surface area contributed by atoms with Crippen molar-refractivity contribution in [1.82, 2.24) is 4.90 Å². The Labute approximate surface area is 116 Å². The molecule has 1 atom stereocenters. The molecule has 0 N–H and O–H groups in total. The van der Waals surface area contributed by atoms with Crippen LogP contribution in [0.15, 0.2) is 6.07 Å². The Morgan fingerprint density at radius 2 is 1.84 bits per heavy atom. The van der Waals surface area contributed by atoms with E-state index in [-0.39, 0.29) is 11.8 Å². The van der Waals surface area contributed by atoms with Crippen LogP contribution in [0.3, 0.4) is 0 Å². The number of hydrogen-bond acceptors (Lipinski definition) is 3. The molecule has 0 fully saturated rings. The molecule has 0 aromatic heterocycles. The lowest BCUT2D eigenvalue weighted by Gasteiger charge is -2.28. The van der Waals surface area contributed by atoms with Gasteiger partial charge in [-0.25, -0.2) is 0 Å². The van der Waals surface area contributed by atoms with Gasteiger partial charge in [-0.1, -0.05) is 6.07 Å². The third kappa shape index (κ3) is 3.35. The molecule has 3 nitrogen and oxygen atoms in total. The first-order chi connectivity index (χ1) is 8.79. The molecule has 0 saturated heterocycles. The summed E-state index contributed by atoms with van der Waals surface area (Å²) >= 11 is 0. The van der Waals surface area contributed by atoms with Gasteiger partial charge in [0.2, 0.25) is 0 Å². The van der Waals surface area contributed by atoms with E-state index in [4.69, 9.17) is 4.74 Å². The minimum atomic E-state index is 0.0618. The van der Waals surface area contributed by atoms with Gasteiger partial charge in [0.1, 0.15) is 11.5 Å². The monoisotopic (exact) mass is 263 g/mol. The fourth-order valence-corrected chi connectivity index (χ4v) is 2.56. The standard InChI is InChI=1S/C16H25NO2/c1-10-8-11(2)15(16(19-7)13(10)4)14(17(5)6)9-12(3)18/h8,14H,9H2,1-7H3. The molecule has 1 unspecified atom stereocenters. The minimum Gasteiger partial charge on any atom is -0.496 e. The van der Waals surface area contributed by atoms with Gasteiger partial charge in [-0.2, -0.15) is 0 Å². The Morgan fingerprint density at radius 3 is 2.26 bits per heavy atom. The number of aryl methyl sites for hydroxylation is 2. The molecule has 19 heavy (non-hydrogen) atoms. The molecule has 0 spiro atoms. The lowest BCUT2D eigenvalue weighted by Crippen LogP contribution is -2.24. The van der Waals surface area contributed by atoms with Gasteiger partial charge in [-0.3, -0.25) is 4.79 Å². The molecular weight excluding hydrogens is 238 g/mol. The number of ketones is 1. The van der Waals surface area contributed by atoms with Crippen LogP contribution < -0.4 is 4.74 Å². The van der Waals surface area contributed by atoms with E-state index in [0.29, 0.717) is 6.42 Å². The van der Waals surface area contributed by atoms with Crippen molar-refractivity contribution in [1.29, 1.82) is 0 Å². The molecule has 0 saturated carbocycles. The lowest BCUT2D eigenvalue weighted by molar-refractivity contribution is -0.118. The second-order valence-corrected chi connectivity index (χ2v) is 5.47. The zero-order chi connectivity index (χ0) is 14.7. The van der Waals surface area contributed by atoms with Gasteiger partial charge in [0.05, 0.1) is 7.11 Å². The highest BCUT2D eigenvalue weighted by Crippen LogP contribution is 2.37. The number of carbonyl (C=O) groups is 1. The summed E-state index contributed by atoms with van der Waals surface area (Å²) in [5, 5.41) is 0. The van der Waals surface area contributed by atoms with Crippen LogP contribution in [-0.2, 0) is 4.79 Å². The molecule has 1 aromatic carbocycles.